The summed E-state index contributed by atoms with van der Waals surface area (Å²) in [7, 11) is 0. The molecule has 1 aromatic heterocycles. The van der Waals surface area contributed by atoms with E-state index in [9.17, 15) is 4.79 Å². The van der Waals surface area contributed by atoms with Crippen molar-refractivity contribution in [3.05, 3.63) is 65.7 Å². The van der Waals surface area contributed by atoms with E-state index in [-0.39, 0.29) is 11.0 Å². The second-order valence-corrected chi connectivity index (χ2v) is 7.92. The average molecular weight is 355 g/mol. The van der Waals surface area contributed by atoms with Gasteiger partial charge in [0.05, 0.1) is 5.25 Å². The first kappa shape index (κ1) is 16.7. The van der Waals surface area contributed by atoms with Gasteiger partial charge in [0.1, 0.15) is 0 Å². The summed E-state index contributed by atoms with van der Waals surface area (Å²) < 4.78 is 0.780. The minimum absolute atomic E-state index is 0.101. The topological polar surface area (TPSA) is 54.9 Å². The van der Waals surface area contributed by atoms with Gasteiger partial charge in [-0.2, -0.15) is 0 Å². The molecule has 0 saturated carbocycles. The number of Topliss-reactive ketones (excluding diaryl/α,β-unsaturated/α-hetero) is 1. The lowest BCUT2D eigenvalue weighted by molar-refractivity contribution is 0.0994. The Labute approximate surface area is 149 Å². The van der Waals surface area contributed by atoms with Crippen LogP contribution in [0.4, 0.5) is 10.8 Å². The third kappa shape index (κ3) is 4.21. The van der Waals surface area contributed by atoms with Gasteiger partial charge in [0.25, 0.3) is 0 Å². The maximum Gasteiger partial charge on any atom is 0.210 e. The standard InChI is InChI=1S/C18H17N3OS2/c1-12-7-6-10-15(11-12)19-17-20-21-18(24-17)23-13(2)16(22)14-8-4-3-5-9-14/h3-11,13H,1-2H3,(H,19,20). The fourth-order valence-electron chi connectivity index (χ4n) is 2.20. The average Bonchev–Trinajstić information content (AvgIpc) is 3.02. The van der Waals surface area contributed by atoms with Gasteiger partial charge in [0.2, 0.25) is 5.13 Å². The predicted octanol–water partition coefficient (Wildman–Crippen LogP) is 4.95. The van der Waals surface area contributed by atoms with Gasteiger partial charge in [-0.3, -0.25) is 4.79 Å². The van der Waals surface area contributed by atoms with E-state index in [0.717, 1.165) is 20.7 Å². The summed E-state index contributed by atoms with van der Waals surface area (Å²) in [6.07, 6.45) is 0. The fourth-order valence-corrected chi connectivity index (χ4v) is 4.19. The molecule has 3 rings (SSSR count). The van der Waals surface area contributed by atoms with Crippen LogP contribution in [-0.2, 0) is 0 Å². The molecular formula is C18H17N3OS2. The van der Waals surface area contributed by atoms with Crippen LogP contribution in [0.5, 0.6) is 0 Å². The summed E-state index contributed by atoms with van der Waals surface area (Å²) in [5.74, 6) is 0.101. The van der Waals surface area contributed by atoms with Crippen molar-refractivity contribution >= 4 is 39.7 Å². The number of hydrogen-bond donors (Lipinski definition) is 1. The Hall–Kier alpha value is -2.18. The zero-order valence-corrected chi connectivity index (χ0v) is 15.0. The summed E-state index contributed by atoms with van der Waals surface area (Å²) >= 11 is 2.89. The third-order valence-corrected chi connectivity index (χ3v) is 5.40. The number of nitrogens with zero attached hydrogens (tertiary/aromatic N) is 2. The van der Waals surface area contributed by atoms with Crippen LogP contribution in [0.3, 0.4) is 0 Å². The monoisotopic (exact) mass is 355 g/mol. The van der Waals surface area contributed by atoms with E-state index < -0.39 is 0 Å². The van der Waals surface area contributed by atoms with Gasteiger partial charge < -0.3 is 5.32 Å². The minimum Gasteiger partial charge on any atom is -0.330 e. The number of benzene rings is 2. The number of nitrogens with one attached hydrogen (secondary N) is 1. The van der Waals surface area contributed by atoms with Crippen molar-refractivity contribution in [1.82, 2.24) is 10.2 Å². The Morgan fingerprint density at radius 1 is 1.12 bits per heavy atom. The molecular weight excluding hydrogens is 338 g/mol. The van der Waals surface area contributed by atoms with Crippen molar-refractivity contribution in [2.24, 2.45) is 0 Å². The van der Waals surface area contributed by atoms with E-state index in [4.69, 9.17) is 0 Å². The predicted molar refractivity (Wildman–Crippen MR) is 100 cm³/mol. The van der Waals surface area contributed by atoms with E-state index in [1.54, 1.807) is 0 Å². The fraction of sp³-hybridized carbons (Fsp3) is 0.167. The smallest absolute Gasteiger partial charge is 0.210 e. The highest BCUT2D eigenvalue weighted by Crippen LogP contribution is 2.31. The summed E-state index contributed by atoms with van der Waals surface area (Å²) in [5.41, 5.74) is 2.89. The van der Waals surface area contributed by atoms with E-state index >= 15 is 0 Å². The SMILES string of the molecule is Cc1cccc(Nc2nnc(SC(C)C(=O)c3ccccc3)s2)c1. The molecule has 0 amide bonds. The van der Waals surface area contributed by atoms with Crippen LogP contribution in [0.15, 0.2) is 58.9 Å². The van der Waals surface area contributed by atoms with Crippen LogP contribution >= 0.6 is 23.1 Å². The summed E-state index contributed by atoms with van der Waals surface area (Å²) in [4.78, 5) is 12.4. The van der Waals surface area contributed by atoms with Crippen molar-refractivity contribution < 1.29 is 4.79 Å². The number of thioether (sulfide) groups is 1. The lowest BCUT2D eigenvalue weighted by Crippen LogP contribution is -2.13. The number of aryl methyl sites for hydroxylation is 1. The molecule has 1 heterocycles. The second kappa shape index (κ2) is 7.59. The molecule has 0 radical (unpaired) electrons. The van der Waals surface area contributed by atoms with Crippen LogP contribution in [0, 0.1) is 6.92 Å². The molecule has 1 unspecified atom stereocenters. The van der Waals surface area contributed by atoms with Gasteiger partial charge >= 0.3 is 0 Å². The molecule has 4 nitrogen and oxygen atoms in total. The van der Waals surface area contributed by atoms with Gasteiger partial charge in [0, 0.05) is 11.3 Å². The summed E-state index contributed by atoms with van der Waals surface area (Å²) in [5, 5.41) is 12.1. The Morgan fingerprint density at radius 3 is 2.67 bits per heavy atom. The van der Waals surface area contributed by atoms with Crippen molar-refractivity contribution in [2.45, 2.75) is 23.4 Å². The van der Waals surface area contributed by atoms with E-state index in [1.165, 1.54) is 28.7 Å². The van der Waals surface area contributed by atoms with Crippen molar-refractivity contribution in [3.63, 3.8) is 0 Å². The Bertz CT molecular complexity index is 833. The maximum atomic E-state index is 12.4. The summed E-state index contributed by atoms with van der Waals surface area (Å²) in [6.45, 7) is 3.94. The molecule has 0 saturated heterocycles. The van der Waals surface area contributed by atoms with Crippen LogP contribution < -0.4 is 5.32 Å². The Balaban J connectivity index is 1.64. The molecule has 24 heavy (non-hydrogen) atoms. The first-order chi connectivity index (χ1) is 11.6. The number of aromatic nitrogens is 2. The Morgan fingerprint density at radius 2 is 1.92 bits per heavy atom. The quantitative estimate of drug-likeness (QED) is 0.500. The zero-order valence-electron chi connectivity index (χ0n) is 13.4. The number of carbonyl (C=O) groups is 1. The highest BCUT2D eigenvalue weighted by molar-refractivity contribution is 8.02. The number of hydrogen-bond acceptors (Lipinski definition) is 6. The maximum absolute atomic E-state index is 12.4. The van der Waals surface area contributed by atoms with Gasteiger partial charge in [-0.15, -0.1) is 10.2 Å². The van der Waals surface area contributed by atoms with Gasteiger partial charge in [0.15, 0.2) is 10.1 Å². The highest BCUT2D eigenvalue weighted by Gasteiger charge is 2.18. The molecule has 0 bridgehead atoms. The molecule has 0 spiro atoms. The van der Waals surface area contributed by atoms with Crippen molar-refractivity contribution in [3.8, 4) is 0 Å². The molecule has 2 aromatic carbocycles. The number of rotatable bonds is 6. The first-order valence-electron chi connectivity index (χ1n) is 7.55. The molecule has 0 fully saturated rings. The van der Waals surface area contributed by atoms with Gasteiger partial charge in [-0.1, -0.05) is 65.6 Å². The van der Waals surface area contributed by atoms with Crippen LogP contribution in [0.25, 0.3) is 0 Å². The zero-order chi connectivity index (χ0) is 16.9. The van der Waals surface area contributed by atoms with Crippen LogP contribution in [0.1, 0.15) is 22.8 Å². The van der Waals surface area contributed by atoms with E-state index in [2.05, 4.69) is 21.6 Å². The highest BCUT2D eigenvalue weighted by atomic mass is 32.2. The molecule has 0 aliphatic heterocycles. The van der Waals surface area contributed by atoms with Gasteiger partial charge in [-0.05, 0) is 31.5 Å². The van der Waals surface area contributed by atoms with Gasteiger partial charge in [-0.25, -0.2) is 0 Å². The number of ketones is 1. The molecule has 122 valence electrons. The normalized spacial score (nSPS) is 11.9. The molecule has 0 aliphatic carbocycles. The molecule has 3 aromatic rings. The van der Waals surface area contributed by atoms with Crippen molar-refractivity contribution in [1.29, 1.82) is 0 Å². The second-order valence-electron chi connectivity index (χ2n) is 5.36. The lowest BCUT2D eigenvalue weighted by Gasteiger charge is -2.07. The summed E-state index contributed by atoms with van der Waals surface area (Å²) in [6, 6.07) is 17.4. The van der Waals surface area contributed by atoms with Crippen LogP contribution in [0.2, 0.25) is 0 Å². The van der Waals surface area contributed by atoms with Crippen molar-refractivity contribution in [2.75, 3.05) is 5.32 Å². The Kier molecular flexibility index (Phi) is 5.27. The number of anilines is 2. The lowest BCUT2D eigenvalue weighted by atomic mass is 10.1. The van der Waals surface area contributed by atoms with E-state index in [0.29, 0.717) is 0 Å². The molecule has 1 N–H and O–H groups in total. The minimum atomic E-state index is -0.202. The molecule has 6 heteroatoms. The van der Waals surface area contributed by atoms with Crippen LogP contribution in [-0.4, -0.2) is 21.2 Å². The molecule has 0 aliphatic rings. The largest absolute Gasteiger partial charge is 0.330 e. The first-order valence-corrected chi connectivity index (χ1v) is 9.24. The number of carbonyl (C=O) groups excluding carboxylic acids is 1. The van der Waals surface area contributed by atoms with E-state index in [1.807, 2.05) is 62.4 Å². The molecule has 1 atom stereocenters. The third-order valence-electron chi connectivity index (χ3n) is 3.38.